The molecule has 0 amide bonds. The Labute approximate surface area is 98.9 Å². The Kier molecular flexibility index (Phi) is 3.12. The minimum atomic E-state index is -4.34. The molecule has 88 valence electrons. The van der Waals surface area contributed by atoms with Crippen molar-refractivity contribution in [2.75, 3.05) is 13.1 Å². The van der Waals surface area contributed by atoms with Crippen LogP contribution in [0.2, 0.25) is 0 Å². The summed E-state index contributed by atoms with van der Waals surface area (Å²) in [6.45, 7) is 1.34. The van der Waals surface area contributed by atoms with Crippen molar-refractivity contribution in [2.45, 2.75) is 12.3 Å². The summed E-state index contributed by atoms with van der Waals surface area (Å²) in [5, 5.41) is 2.98. The Balaban J connectivity index is 2.21. The van der Waals surface area contributed by atoms with E-state index in [1.54, 1.807) is 0 Å². The van der Waals surface area contributed by atoms with Crippen LogP contribution >= 0.6 is 15.9 Å². The van der Waals surface area contributed by atoms with Crippen molar-refractivity contribution in [3.05, 3.63) is 28.2 Å². The monoisotopic (exact) mass is 295 g/mol. The van der Waals surface area contributed by atoms with E-state index in [4.69, 9.17) is 4.74 Å². The Hall–Kier alpha value is -0.750. The highest BCUT2D eigenvalue weighted by atomic mass is 79.9. The van der Waals surface area contributed by atoms with E-state index in [2.05, 4.69) is 21.2 Å². The minimum absolute atomic E-state index is 0.0419. The van der Waals surface area contributed by atoms with Crippen molar-refractivity contribution in [1.82, 2.24) is 5.32 Å². The Bertz CT molecular complexity index is 390. The molecule has 0 atom stereocenters. The van der Waals surface area contributed by atoms with Gasteiger partial charge in [-0.05, 0) is 34.1 Å². The number of halogens is 4. The van der Waals surface area contributed by atoms with E-state index in [0.29, 0.717) is 17.6 Å². The second kappa shape index (κ2) is 4.25. The molecule has 0 spiro atoms. The third kappa shape index (κ3) is 2.49. The van der Waals surface area contributed by atoms with Crippen LogP contribution in [0, 0.1) is 0 Å². The number of ether oxygens (including phenoxy) is 1. The van der Waals surface area contributed by atoms with Gasteiger partial charge in [-0.1, -0.05) is 0 Å². The van der Waals surface area contributed by atoms with Gasteiger partial charge in [0.05, 0.1) is 10.0 Å². The maximum atomic E-state index is 12.4. The summed E-state index contributed by atoms with van der Waals surface area (Å²) in [6, 6.07) is 3.39. The molecule has 1 saturated heterocycles. The second-order valence-corrected chi connectivity index (χ2v) is 4.40. The van der Waals surface area contributed by atoms with Crippen LogP contribution < -0.4 is 10.1 Å². The molecule has 16 heavy (non-hydrogen) atoms. The van der Waals surface area contributed by atoms with Gasteiger partial charge in [0.1, 0.15) is 11.9 Å². The lowest BCUT2D eigenvalue weighted by Gasteiger charge is -2.28. The zero-order valence-electron chi connectivity index (χ0n) is 8.14. The van der Waals surface area contributed by atoms with Crippen molar-refractivity contribution in [1.29, 1.82) is 0 Å². The van der Waals surface area contributed by atoms with Crippen molar-refractivity contribution >= 4 is 15.9 Å². The highest BCUT2D eigenvalue weighted by Crippen LogP contribution is 2.35. The molecule has 0 unspecified atom stereocenters. The van der Waals surface area contributed by atoms with Crippen molar-refractivity contribution < 1.29 is 17.9 Å². The fraction of sp³-hybridized carbons (Fsp3) is 0.400. The third-order valence-electron chi connectivity index (χ3n) is 2.30. The molecule has 1 aromatic rings. The predicted molar refractivity (Wildman–Crippen MR) is 56.4 cm³/mol. The molecule has 1 aliphatic heterocycles. The lowest BCUT2D eigenvalue weighted by molar-refractivity contribution is -0.137. The van der Waals surface area contributed by atoms with Gasteiger partial charge >= 0.3 is 6.18 Å². The molecular weight excluding hydrogens is 287 g/mol. The predicted octanol–water partition coefficient (Wildman–Crippen LogP) is 2.82. The van der Waals surface area contributed by atoms with Crippen LogP contribution in [0.5, 0.6) is 5.75 Å². The van der Waals surface area contributed by atoms with Gasteiger partial charge in [0.15, 0.2) is 0 Å². The van der Waals surface area contributed by atoms with Gasteiger partial charge in [0.2, 0.25) is 0 Å². The van der Waals surface area contributed by atoms with E-state index in [1.807, 2.05) is 0 Å². The molecule has 2 nitrogen and oxygen atoms in total. The van der Waals surface area contributed by atoms with Crippen molar-refractivity contribution in [2.24, 2.45) is 0 Å². The van der Waals surface area contributed by atoms with Gasteiger partial charge in [-0.3, -0.25) is 0 Å². The smallest absolute Gasteiger partial charge is 0.416 e. The number of hydrogen-bond donors (Lipinski definition) is 1. The van der Waals surface area contributed by atoms with Gasteiger partial charge in [0.25, 0.3) is 0 Å². The fourth-order valence-corrected chi connectivity index (χ4v) is 1.64. The molecule has 6 heteroatoms. The number of benzene rings is 1. The summed E-state index contributed by atoms with van der Waals surface area (Å²) in [6.07, 6.45) is -4.38. The molecule has 0 aliphatic carbocycles. The first-order valence-electron chi connectivity index (χ1n) is 4.71. The van der Waals surface area contributed by atoms with Crippen LogP contribution in [0.25, 0.3) is 0 Å². The maximum Gasteiger partial charge on any atom is 0.416 e. The first-order valence-corrected chi connectivity index (χ1v) is 5.50. The molecule has 1 aliphatic rings. The topological polar surface area (TPSA) is 21.3 Å². The summed E-state index contributed by atoms with van der Waals surface area (Å²) in [4.78, 5) is 0. The number of alkyl halides is 3. The number of rotatable bonds is 2. The lowest BCUT2D eigenvalue weighted by Crippen LogP contribution is -2.50. The summed E-state index contributed by atoms with van der Waals surface area (Å²) < 4.78 is 43.3. The molecule has 1 heterocycles. The Morgan fingerprint density at radius 2 is 2.00 bits per heavy atom. The maximum absolute atomic E-state index is 12.4. The van der Waals surface area contributed by atoms with Crippen LogP contribution in [0.15, 0.2) is 22.7 Å². The molecule has 0 bridgehead atoms. The highest BCUT2D eigenvalue weighted by Gasteiger charge is 2.31. The summed E-state index contributed by atoms with van der Waals surface area (Å²) in [5.74, 6) is 0.237. The second-order valence-electron chi connectivity index (χ2n) is 3.54. The van der Waals surface area contributed by atoms with Crippen molar-refractivity contribution in [3.63, 3.8) is 0 Å². The van der Waals surface area contributed by atoms with Gasteiger partial charge in [-0.2, -0.15) is 13.2 Å². The number of nitrogens with one attached hydrogen (secondary N) is 1. The van der Waals surface area contributed by atoms with Crippen LogP contribution in [-0.4, -0.2) is 19.2 Å². The lowest BCUT2D eigenvalue weighted by atomic mass is 10.2. The normalized spacial score (nSPS) is 17.0. The van der Waals surface area contributed by atoms with Crippen LogP contribution in [0.4, 0.5) is 13.2 Å². The van der Waals surface area contributed by atoms with E-state index in [0.717, 1.165) is 12.1 Å². The summed E-state index contributed by atoms with van der Waals surface area (Å²) in [7, 11) is 0. The van der Waals surface area contributed by atoms with Crippen LogP contribution in [0.1, 0.15) is 5.56 Å². The van der Waals surface area contributed by atoms with E-state index in [9.17, 15) is 13.2 Å². The summed E-state index contributed by atoms with van der Waals surface area (Å²) >= 11 is 3.17. The Morgan fingerprint density at radius 3 is 2.50 bits per heavy atom. The van der Waals surface area contributed by atoms with Crippen LogP contribution in [0.3, 0.4) is 0 Å². The average molecular weight is 296 g/mol. The molecule has 0 aromatic heterocycles. The average Bonchev–Trinajstić information content (AvgIpc) is 2.11. The van der Waals surface area contributed by atoms with Gasteiger partial charge < -0.3 is 10.1 Å². The van der Waals surface area contributed by atoms with E-state index < -0.39 is 11.7 Å². The minimum Gasteiger partial charge on any atom is -0.487 e. The molecule has 0 saturated carbocycles. The van der Waals surface area contributed by atoms with Crippen molar-refractivity contribution in [3.8, 4) is 5.75 Å². The third-order valence-corrected chi connectivity index (χ3v) is 2.95. The zero-order valence-corrected chi connectivity index (χ0v) is 9.73. The van der Waals surface area contributed by atoms with Gasteiger partial charge in [-0.25, -0.2) is 0 Å². The quantitative estimate of drug-likeness (QED) is 0.906. The van der Waals surface area contributed by atoms with Crippen LogP contribution in [-0.2, 0) is 6.18 Å². The molecule has 2 rings (SSSR count). The zero-order chi connectivity index (χ0) is 11.8. The first-order chi connectivity index (χ1) is 7.47. The first kappa shape index (κ1) is 11.7. The fourth-order valence-electron chi connectivity index (χ4n) is 1.30. The van der Waals surface area contributed by atoms with Gasteiger partial charge in [-0.15, -0.1) is 0 Å². The largest absolute Gasteiger partial charge is 0.487 e. The van der Waals surface area contributed by atoms with Gasteiger partial charge in [0, 0.05) is 13.1 Å². The standard InChI is InChI=1S/C10H9BrF3NO/c11-8-2-1-6(10(12,13)14)3-9(8)16-7-4-15-5-7/h1-3,7,15H,4-5H2. The van der Waals surface area contributed by atoms with E-state index >= 15 is 0 Å². The molecule has 0 radical (unpaired) electrons. The molecular formula is C10H9BrF3NO. The van der Waals surface area contributed by atoms with E-state index in [-0.39, 0.29) is 11.9 Å². The molecule has 1 fully saturated rings. The molecule has 1 aromatic carbocycles. The SMILES string of the molecule is FC(F)(F)c1ccc(Br)c(OC2CNC2)c1. The summed E-state index contributed by atoms with van der Waals surface area (Å²) in [5.41, 5.74) is -0.696. The molecule has 1 N–H and O–H groups in total. The number of hydrogen-bond acceptors (Lipinski definition) is 2. The van der Waals surface area contributed by atoms with E-state index in [1.165, 1.54) is 6.07 Å². The highest BCUT2D eigenvalue weighted by molar-refractivity contribution is 9.10. The Morgan fingerprint density at radius 1 is 1.31 bits per heavy atom.